The van der Waals surface area contributed by atoms with Crippen LogP contribution >= 0.6 is 11.8 Å². The van der Waals surface area contributed by atoms with Gasteiger partial charge in [0, 0.05) is 29.9 Å². The summed E-state index contributed by atoms with van der Waals surface area (Å²) in [7, 11) is 0. The molecule has 1 aliphatic carbocycles. The van der Waals surface area contributed by atoms with Crippen LogP contribution in [0.3, 0.4) is 0 Å². The summed E-state index contributed by atoms with van der Waals surface area (Å²) in [6, 6.07) is 3.80. The number of aromatic carboxylic acids is 1. The second-order valence-electron chi connectivity index (χ2n) is 4.47. The lowest BCUT2D eigenvalue weighted by Crippen LogP contribution is -2.01. The van der Waals surface area contributed by atoms with Crippen molar-refractivity contribution < 1.29 is 9.90 Å². The minimum atomic E-state index is -0.939. The van der Waals surface area contributed by atoms with Crippen molar-refractivity contribution in [1.29, 1.82) is 0 Å². The van der Waals surface area contributed by atoms with Gasteiger partial charge in [0.2, 0.25) is 0 Å². The molecule has 5 nitrogen and oxygen atoms in total. The number of aromatic nitrogens is 3. The van der Waals surface area contributed by atoms with Crippen LogP contribution in [0, 0.1) is 0 Å². The van der Waals surface area contributed by atoms with Gasteiger partial charge in [-0.2, -0.15) is 0 Å². The maximum Gasteiger partial charge on any atom is 0.338 e. The predicted octanol–water partition coefficient (Wildman–Crippen LogP) is 2.60. The Balaban J connectivity index is 1.75. The van der Waals surface area contributed by atoms with Gasteiger partial charge in [0.15, 0.2) is 0 Å². The molecule has 0 saturated heterocycles. The molecule has 19 heavy (non-hydrogen) atoms. The highest BCUT2D eigenvalue weighted by Gasteiger charge is 2.25. The number of imidazole rings is 1. The van der Waals surface area contributed by atoms with Gasteiger partial charge in [-0.3, -0.25) is 0 Å². The van der Waals surface area contributed by atoms with Gasteiger partial charge in [0.25, 0.3) is 0 Å². The van der Waals surface area contributed by atoms with E-state index in [4.69, 9.17) is 5.11 Å². The van der Waals surface area contributed by atoms with E-state index >= 15 is 0 Å². The standard InChI is InChI=1S/C13H13N3O2S/c17-13(18)11-2-1-5-15-12(11)19-7-10-6-14-8-16(10)9-3-4-9/h1-2,5-6,8-9H,3-4,7H2,(H,17,18). The van der Waals surface area contributed by atoms with Gasteiger partial charge in [0.1, 0.15) is 5.03 Å². The summed E-state index contributed by atoms with van der Waals surface area (Å²) in [5.41, 5.74) is 1.37. The molecule has 0 bridgehead atoms. The first-order valence-corrected chi connectivity index (χ1v) is 7.06. The molecular formula is C13H13N3O2S. The summed E-state index contributed by atoms with van der Waals surface area (Å²) >= 11 is 1.44. The number of thioether (sulfide) groups is 1. The van der Waals surface area contributed by atoms with Crippen molar-refractivity contribution in [2.75, 3.05) is 0 Å². The normalized spacial score (nSPS) is 14.5. The van der Waals surface area contributed by atoms with Crippen molar-refractivity contribution in [2.45, 2.75) is 29.7 Å². The van der Waals surface area contributed by atoms with Gasteiger partial charge in [-0.15, -0.1) is 0 Å². The third-order valence-corrected chi connectivity index (χ3v) is 4.08. The molecular weight excluding hydrogens is 262 g/mol. The minimum Gasteiger partial charge on any atom is -0.478 e. The summed E-state index contributed by atoms with van der Waals surface area (Å²) in [6.45, 7) is 0. The highest BCUT2D eigenvalue weighted by Crippen LogP contribution is 2.36. The first-order chi connectivity index (χ1) is 9.25. The fraction of sp³-hybridized carbons (Fsp3) is 0.308. The van der Waals surface area contributed by atoms with Gasteiger partial charge >= 0.3 is 5.97 Å². The lowest BCUT2D eigenvalue weighted by atomic mass is 10.3. The van der Waals surface area contributed by atoms with E-state index in [1.165, 1.54) is 24.6 Å². The fourth-order valence-electron chi connectivity index (χ4n) is 1.94. The molecule has 2 heterocycles. The van der Waals surface area contributed by atoms with E-state index in [0.29, 0.717) is 16.8 Å². The Bertz CT molecular complexity index is 607. The molecule has 98 valence electrons. The second-order valence-corrected chi connectivity index (χ2v) is 5.44. The first kappa shape index (κ1) is 12.2. The highest BCUT2D eigenvalue weighted by atomic mass is 32.2. The number of carboxylic acids is 1. The third kappa shape index (κ3) is 2.63. The number of nitrogens with zero attached hydrogens (tertiary/aromatic N) is 3. The van der Waals surface area contributed by atoms with Crippen LogP contribution in [0.15, 0.2) is 35.9 Å². The van der Waals surface area contributed by atoms with E-state index in [1.807, 2.05) is 12.5 Å². The van der Waals surface area contributed by atoms with Gasteiger partial charge in [-0.25, -0.2) is 14.8 Å². The summed E-state index contributed by atoms with van der Waals surface area (Å²) in [5, 5.41) is 9.66. The van der Waals surface area contributed by atoms with Gasteiger partial charge in [-0.05, 0) is 25.0 Å². The van der Waals surface area contributed by atoms with Crippen molar-refractivity contribution >= 4 is 17.7 Å². The van der Waals surface area contributed by atoms with E-state index in [0.717, 1.165) is 5.69 Å². The molecule has 2 aromatic heterocycles. The van der Waals surface area contributed by atoms with E-state index in [2.05, 4.69) is 14.5 Å². The number of rotatable bonds is 5. The summed E-state index contributed by atoms with van der Waals surface area (Å²) in [5.74, 6) is -0.250. The largest absolute Gasteiger partial charge is 0.478 e. The lowest BCUT2D eigenvalue weighted by molar-refractivity contribution is 0.0692. The maximum atomic E-state index is 11.1. The lowest BCUT2D eigenvalue weighted by Gasteiger charge is -2.07. The molecule has 1 saturated carbocycles. The zero-order valence-corrected chi connectivity index (χ0v) is 11.0. The van der Waals surface area contributed by atoms with Crippen molar-refractivity contribution in [3.63, 3.8) is 0 Å². The van der Waals surface area contributed by atoms with Gasteiger partial charge in [0.05, 0.1) is 11.9 Å². The molecule has 0 aliphatic heterocycles. The summed E-state index contributed by atoms with van der Waals surface area (Å²) in [4.78, 5) is 19.4. The van der Waals surface area contributed by atoms with E-state index in [1.54, 1.807) is 18.3 Å². The monoisotopic (exact) mass is 275 g/mol. The zero-order valence-electron chi connectivity index (χ0n) is 10.2. The summed E-state index contributed by atoms with van der Waals surface area (Å²) in [6.07, 6.45) is 7.72. The van der Waals surface area contributed by atoms with Gasteiger partial charge in [-0.1, -0.05) is 11.8 Å². The molecule has 0 unspecified atom stereocenters. The van der Waals surface area contributed by atoms with E-state index in [-0.39, 0.29) is 5.56 Å². The molecule has 0 atom stereocenters. The molecule has 0 aromatic carbocycles. The molecule has 1 fully saturated rings. The van der Waals surface area contributed by atoms with Gasteiger partial charge < -0.3 is 9.67 Å². The van der Waals surface area contributed by atoms with Crippen molar-refractivity contribution in [2.24, 2.45) is 0 Å². The van der Waals surface area contributed by atoms with Crippen LogP contribution in [0.1, 0.15) is 34.9 Å². The van der Waals surface area contributed by atoms with Crippen LogP contribution in [0.5, 0.6) is 0 Å². The van der Waals surface area contributed by atoms with Crippen LogP contribution in [-0.2, 0) is 5.75 Å². The molecule has 6 heteroatoms. The van der Waals surface area contributed by atoms with Crippen molar-refractivity contribution in [3.05, 3.63) is 42.1 Å². The Hall–Kier alpha value is -1.82. The van der Waals surface area contributed by atoms with Crippen LogP contribution < -0.4 is 0 Å². The third-order valence-electron chi connectivity index (χ3n) is 3.04. The number of carboxylic acid groups (broad SMARTS) is 1. The van der Waals surface area contributed by atoms with Crippen LogP contribution in [0.4, 0.5) is 0 Å². The minimum absolute atomic E-state index is 0.255. The summed E-state index contributed by atoms with van der Waals surface area (Å²) < 4.78 is 2.18. The molecule has 3 rings (SSSR count). The Kier molecular flexibility index (Phi) is 3.25. The number of carbonyl (C=O) groups is 1. The molecule has 0 amide bonds. The van der Waals surface area contributed by atoms with E-state index < -0.39 is 5.97 Å². The predicted molar refractivity (Wildman–Crippen MR) is 71.3 cm³/mol. The number of hydrogen-bond donors (Lipinski definition) is 1. The molecule has 0 spiro atoms. The molecule has 2 aromatic rings. The highest BCUT2D eigenvalue weighted by molar-refractivity contribution is 7.98. The zero-order chi connectivity index (χ0) is 13.2. The maximum absolute atomic E-state index is 11.1. The smallest absolute Gasteiger partial charge is 0.338 e. The molecule has 0 radical (unpaired) electrons. The number of pyridine rings is 1. The quantitative estimate of drug-likeness (QED) is 0.849. The van der Waals surface area contributed by atoms with Crippen molar-refractivity contribution in [3.8, 4) is 0 Å². The van der Waals surface area contributed by atoms with Crippen LogP contribution in [0.2, 0.25) is 0 Å². The average Bonchev–Trinajstić information content (AvgIpc) is 3.15. The average molecular weight is 275 g/mol. The SMILES string of the molecule is O=C(O)c1cccnc1SCc1cncn1C1CC1. The van der Waals surface area contributed by atoms with Crippen LogP contribution in [-0.4, -0.2) is 25.6 Å². The Labute approximate surface area is 114 Å². The topological polar surface area (TPSA) is 68.0 Å². The van der Waals surface area contributed by atoms with E-state index in [9.17, 15) is 4.79 Å². The number of hydrogen-bond acceptors (Lipinski definition) is 4. The molecule has 1 N–H and O–H groups in total. The Morgan fingerprint density at radius 1 is 1.53 bits per heavy atom. The van der Waals surface area contributed by atoms with Crippen LogP contribution in [0.25, 0.3) is 0 Å². The first-order valence-electron chi connectivity index (χ1n) is 6.07. The Morgan fingerprint density at radius 3 is 3.11 bits per heavy atom. The second kappa shape index (κ2) is 5.05. The fourth-order valence-corrected chi connectivity index (χ4v) is 2.89. The Morgan fingerprint density at radius 2 is 2.37 bits per heavy atom. The molecule has 1 aliphatic rings. The van der Waals surface area contributed by atoms with Crippen molar-refractivity contribution in [1.82, 2.24) is 14.5 Å².